The summed E-state index contributed by atoms with van der Waals surface area (Å²) in [5, 5.41) is 13.1. The van der Waals surface area contributed by atoms with Gasteiger partial charge >= 0.3 is 0 Å². The molecule has 0 radical (unpaired) electrons. The molecule has 2 aromatic heterocycles. The number of ether oxygens (including phenoxy) is 1. The van der Waals surface area contributed by atoms with E-state index in [0.717, 1.165) is 16.0 Å². The van der Waals surface area contributed by atoms with Crippen molar-refractivity contribution in [2.45, 2.75) is 19.1 Å². The number of fused-ring (bicyclic) bond motifs is 1. The van der Waals surface area contributed by atoms with Gasteiger partial charge in [0.25, 0.3) is 0 Å². The van der Waals surface area contributed by atoms with Gasteiger partial charge in [-0.3, -0.25) is 9.59 Å². The molecule has 2 heterocycles. The van der Waals surface area contributed by atoms with Crippen LogP contribution in [0.5, 0.6) is 0 Å². The quantitative estimate of drug-likeness (QED) is 0.365. The first kappa shape index (κ1) is 22.6. The number of thiophene rings is 1. The van der Waals surface area contributed by atoms with Crippen LogP contribution in [0.15, 0.2) is 72.1 Å². The zero-order valence-electron chi connectivity index (χ0n) is 18.3. The summed E-state index contributed by atoms with van der Waals surface area (Å²) in [6, 6.07) is 20.1. The van der Waals surface area contributed by atoms with Gasteiger partial charge in [0.15, 0.2) is 0 Å². The Labute approximate surface area is 195 Å². The lowest BCUT2D eigenvalue weighted by atomic mass is 10.1. The topological polar surface area (TPSA) is 89.4 Å². The SMILES string of the molecule is COCCNC(=O)[C@H](c1cccs1)N(Cc1ccccc1)C(=O)Cn1nnc2ccccc21. The number of rotatable bonds is 10. The molecule has 2 amide bonds. The van der Waals surface area contributed by atoms with E-state index in [1.807, 2.05) is 72.1 Å². The lowest BCUT2D eigenvalue weighted by molar-refractivity contribution is -0.142. The summed E-state index contributed by atoms with van der Waals surface area (Å²) in [6.45, 7) is 1.01. The van der Waals surface area contributed by atoms with Crippen LogP contribution in [0.4, 0.5) is 0 Å². The molecule has 4 aromatic rings. The minimum Gasteiger partial charge on any atom is -0.383 e. The third kappa shape index (κ3) is 5.44. The molecule has 0 aliphatic heterocycles. The molecule has 8 nitrogen and oxygen atoms in total. The highest BCUT2D eigenvalue weighted by atomic mass is 32.1. The summed E-state index contributed by atoms with van der Waals surface area (Å²) >= 11 is 1.44. The number of hydrogen-bond donors (Lipinski definition) is 1. The number of carbonyl (C=O) groups is 2. The van der Waals surface area contributed by atoms with Crippen LogP contribution in [0.3, 0.4) is 0 Å². The molecule has 0 unspecified atom stereocenters. The van der Waals surface area contributed by atoms with E-state index in [1.54, 1.807) is 16.7 Å². The zero-order valence-corrected chi connectivity index (χ0v) is 19.1. The standard InChI is InChI=1S/C24H25N5O3S/c1-32-14-13-25-24(31)23(21-12-7-15-33-21)28(16-18-8-3-2-4-9-18)22(30)17-29-20-11-6-5-10-19(20)26-27-29/h2-12,15,23H,13-14,16-17H2,1H3,(H,25,31)/t23-/m0/s1. The maximum absolute atomic E-state index is 13.7. The maximum atomic E-state index is 13.7. The van der Waals surface area contributed by atoms with Gasteiger partial charge in [-0.25, -0.2) is 4.68 Å². The van der Waals surface area contributed by atoms with Gasteiger partial charge in [0, 0.05) is 25.1 Å². The van der Waals surface area contributed by atoms with Gasteiger partial charge in [0.2, 0.25) is 11.8 Å². The Balaban J connectivity index is 1.67. The summed E-state index contributed by atoms with van der Waals surface area (Å²) in [7, 11) is 1.58. The first-order chi connectivity index (χ1) is 16.2. The molecule has 0 bridgehead atoms. The van der Waals surface area contributed by atoms with Gasteiger partial charge in [-0.15, -0.1) is 16.4 Å². The smallest absolute Gasteiger partial charge is 0.248 e. The van der Waals surface area contributed by atoms with Gasteiger partial charge < -0.3 is 15.0 Å². The van der Waals surface area contributed by atoms with E-state index < -0.39 is 6.04 Å². The number of para-hydroxylation sites is 1. The highest BCUT2D eigenvalue weighted by Crippen LogP contribution is 2.28. The molecule has 0 saturated heterocycles. The first-order valence-corrected chi connectivity index (χ1v) is 11.5. The summed E-state index contributed by atoms with van der Waals surface area (Å²) in [5.74, 6) is -0.475. The third-order valence-corrected chi connectivity index (χ3v) is 6.12. The Bertz CT molecular complexity index is 1190. The minimum absolute atomic E-state index is 0.0272. The monoisotopic (exact) mass is 463 g/mol. The van der Waals surface area contributed by atoms with Crippen molar-refractivity contribution in [3.63, 3.8) is 0 Å². The molecular weight excluding hydrogens is 438 g/mol. The number of methoxy groups -OCH3 is 1. The number of carbonyl (C=O) groups excluding carboxylic acids is 2. The van der Waals surface area contributed by atoms with Crippen LogP contribution in [0.2, 0.25) is 0 Å². The highest BCUT2D eigenvalue weighted by Gasteiger charge is 2.32. The van der Waals surface area contributed by atoms with Crippen molar-refractivity contribution in [3.8, 4) is 0 Å². The minimum atomic E-state index is -0.774. The number of nitrogens with zero attached hydrogens (tertiary/aromatic N) is 4. The summed E-state index contributed by atoms with van der Waals surface area (Å²) in [6.07, 6.45) is 0. The number of amides is 2. The second-order valence-electron chi connectivity index (χ2n) is 7.44. The number of aromatic nitrogens is 3. The third-order valence-electron chi connectivity index (χ3n) is 5.20. The summed E-state index contributed by atoms with van der Waals surface area (Å²) < 4.78 is 6.64. The molecule has 2 aromatic carbocycles. The molecule has 0 spiro atoms. The Morgan fingerprint density at radius 1 is 1.09 bits per heavy atom. The molecule has 9 heteroatoms. The molecule has 0 saturated carbocycles. The van der Waals surface area contributed by atoms with Crippen molar-refractivity contribution in [2.75, 3.05) is 20.3 Å². The second-order valence-corrected chi connectivity index (χ2v) is 8.42. The van der Waals surface area contributed by atoms with Crippen LogP contribution in [-0.4, -0.2) is 52.0 Å². The lowest BCUT2D eigenvalue weighted by Gasteiger charge is -2.30. The molecular formula is C24H25N5O3S. The predicted octanol–water partition coefficient (Wildman–Crippen LogP) is 3.03. The maximum Gasteiger partial charge on any atom is 0.248 e. The molecule has 1 N–H and O–H groups in total. The van der Waals surface area contributed by atoms with Gasteiger partial charge in [0.05, 0.1) is 12.1 Å². The number of nitrogens with one attached hydrogen (secondary N) is 1. The fraction of sp³-hybridized carbons (Fsp3) is 0.250. The van der Waals surface area contributed by atoms with Crippen molar-refractivity contribution in [1.82, 2.24) is 25.2 Å². The van der Waals surface area contributed by atoms with E-state index in [9.17, 15) is 9.59 Å². The van der Waals surface area contributed by atoms with Crippen molar-refractivity contribution in [3.05, 3.63) is 82.6 Å². The normalized spacial score (nSPS) is 11.9. The Hall–Kier alpha value is -3.56. The molecule has 4 rings (SSSR count). The Kier molecular flexibility index (Phi) is 7.43. The van der Waals surface area contributed by atoms with E-state index in [-0.39, 0.29) is 24.9 Å². The summed E-state index contributed by atoms with van der Waals surface area (Å²) in [4.78, 5) is 29.3. The van der Waals surface area contributed by atoms with Gasteiger partial charge in [0.1, 0.15) is 18.1 Å². The fourth-order valence-corrected chi connectivity index (χ4v) is 4.44. The van der Waals surface area contributed by atoms with Gasteiger partial charge in [-0.2, -0.15) is 0 Å². The first-order valence-electron chi connectivity index (χ1n) is 10.6. The van der Waals surface area contributed by atoms with Crippen LogP contribution in [0.25, 0.3) is 11.0 Å². The van der Waals surface area contributed by atoms with Crippen molar-refractivity contribution in [2.24, 2.45) is 0 Å². The van der Waals surface area contributed by atoms with Crippen LogP contribution in [-0.2, 0) is 27.4 Å². The fourth-order valence-electron chi connectivity index (χ4n) is 3.60. The van der Waals surface area contributed by atoms with E-state index in [0.29, 0.717) is 18.7 Å². The van der Waals surface area contributed by atoms with Gasteiger partial charge in [-0.05, 0) is 29.1 Å². The van der Waals surface area contributed by atoms with Crippen LogP contribution in [0, 0.1) is 0 Å². The largest absolute Gasteiger partial charge is 0.383 e. The highest BCUT2D eigenvalue weighted by molar-refractivity contribution is 7.10. The van der Waals surface area contributed by atoms with Crippen LogP contribution >= 0.6 is 11.3 Å². The number of benzene rings is 2. The zero-order chi connectivity index (χ0) is 23.0. The van der Waals surface area contributed by atoms with E-state index >= 15 is 0 Å². The van der Waals surface area contributed by atoms with E-state index in [4.69, 9.17) is 4.74 Å². The van der Waals surface area contributed by atoms with Crippen LogP contribution < -0.4 is 5.32 Å². The van der Waals surface area contributed by atoms with Crippen molar-refractivity contribution in [1.29, 1.82) is 0 Å². The Morgan fingerprint density at radius 3 is 2.64 bits per heavy atom. The number of hydrogen-bond acceptors (Lipinski definition) is 6. The van der Waals surface area contributed by atoms with E-state index in [2.05, 4.69) is 15.6 Å². The second kappa shape index (κ2) is 10.8. The van der Waals surface area contributed by atoms with Crippen molar-refractivity contribution < 1.29 is 14.3 Å². The molecule has 33 heavy (non-hydrogen) atoms. The van der Waals surface area contributed by atoms with Crippen LogP contribution in [0.1, 0.15) is 16.5 Å². The van der Waals surface area contributed by atoms with Crippen molar-refractivity contribution >= 4 is 34.2 Å². The van der Waals surface area contributed by atoms with Gasteiger partial charge in [-0.1, -0.05) is 53.7 Å². The predicted molar refractivity (Wildman–Crippen MR) is 126 cm³/mol. The lowest BCUT2D eigenvalue weighted by Crippen LogP contribution is -2.45. The Morgan fingerprint density at radius 2 is 1.88 bits per heavy atom. The van der Waals surface area contributed by atoms with E-state index in [1.165, 1.54) is 11.3 Å². The average Bonchev–Trinajstić information content (AvgIpc) is 3.50. The molecule has 170 valence electrons. The summed E-state index contributed by atoms with van der Waals surface area (Å²) in [5.41, 5.74) is 2.41. The molecule has 0 aliphatic carbocycles. The molecule has 1 atom stereocenters. The average molecular weight is 464 g/mol. The molecule has 0 aliphatic rings. The molecule has 0 fully saturated rings.